The normalized spacial score (nSPS) is 10.7. The molecule has 1 heterocycles. The van der Waals surface area contributed by atoms with E-state index < -0.39 is 0 Å². The molecule has 0 saturated heterocycles. The van der Waals surface area contributed by atoms with Crippen LogP contribution in [0.25, 0.3) is 0 Å². The van der Waals surface area contributed by atoms with E-state index in [1.807, 2.05) is 47.8 Å². The summed E-state index contributed by atoms with van der Waals surface area (Å²) in [7, 11) is 0. The van der Waals surface area contributed by atoms with Crippen molar-refractivity contribution in [2.45, 2.75) is 12.8 Å². The third-order valence-electron chi connectivity index (χ3n) is 2.41. The zero-order valence-corrected chi connectivity index (χ0v) is 10.7. The number of nitrogens with one attached hydrogen (secondary N) is 1. The predicted octanol–water partition coefficient (Wildman–Crippen LogP) is 2.83. The molecule has 2 rings (SSSR count). The smallest absolute Gasteiger partial charge is 0.240 e. The molecule has 1 N–H and O–H groups in total. The zero-order chi connectivity index (χ0) is 12.6. The fourth-order valence-corrected chi connectivity index (χ4v) is 2.08. The third kappa shape index (κ3) is 4.14. The Kier molecular flexibility index (Phi) is 4.67. The van der Waals surface area contributed by atoms with Crippen molar-refractivity contribution in [3.63, 3.8) is 0 Å². The highest BCUT2D eigenvalue weighted by Gasteiger charge is 2.00. The number of benzene rings is 1. The minimum absolute atomic E-state index is 0.0633. The second kappa shape index (κ2) is 6.71. The molecular formula is C14H14N2OS. The van der Waals surface area contributed by atoms with Crippen LogP contribution in [0.2, 0.25) is 0 Å². The Morgan fingerprint density at radius 1 is 1.22 bits per heavy atom. The molecule has 0 saturated carbocycles. The number of hydrogen-bond donors (Lipinski definition) is 1. The van der Waals surface area contributed by atoms with Crippen LogP contribution in [0.3, 0.4) is 0 Å². The Morgan fingerprint density at radius 3 is 2.78 bits per heavy atom. The Morgan fingerprint density at radius 2 is 2.06 bits per heavy atom. The van der Waals surface area contributed by atoms with Crippen LogP contribution < -0.4 is 5.43 Å². The van der Waals surface area contributed by atoms with E-state index in [2.05, 4.69) is 10.5 Å². The third-order valence-corrected chi connectivity index (χ3v) is 3.21. The van der Waals surface area contributed by atoms with Crippen molar-refractivity contribution in [1.29, 1.82) is 0 Å². The number of amides is 1. The molecular weight excluding hydrogens is 244 g/mol. The molecule has 1 aromatic carbocycles. The topological polar surface area (TPSA) is 41.5 Å². The molecule has 0 atom stereocenters. The van der Waals surface area contributed by atoms with Gasteiger partial charge in [-0.2, -0.15) is 5.10 Å². The molecule has 0 aliphatic rings. The first-order valence-corrected chi connectivity index (χ1v) is 6.62. The van der Waals surface area contributed by atoms with Gasteiger partial charge in [-0.15, -0.1) is 11.3 Å². The number of rotatable bonds is 5. The molecule has 0 radical (unpaired) electrons. The van der Waals surface area contributed by atoms with Crippen molar-refractivity contribution < 1.29 is 4.79 Å². The average molecular weight is 258 g/mol. The second-order valence-electron chi connectivity index (χ2n) is 3.79. The molecule has 0 fully saturated rings. The van der Waals surface area contributed by atoms with Gasteiger partial charge in [0.2, 0.25) is 5.91 Å². The maximum absolute atomic E-state index is 11.5. The van der Waals surface area contributed by atoms with E-state index in [1.165, 1.54) is 0 Å². The molecule has 92 valence electrons. The van der Waals surface area contributed by atoms with Gasteiger partial charge in [0, 0.05) is 11.3 Å². The van der Waals surface area contributed by atoms with Crippen LogP contribution in [0, 0.1) is 0 Å². The van der Waals surface area contributed by atoms with E-state index in [9.17, 15) is 4.79 Å². The molecule has 18 heavy (non-hydrogen) atoms. The number of hydrogen-bond acceptors (Lipinski definition) is 3. The first-order chi connectivity index (χ1) is 8.84. The Hall–Kier alpha value is -1.94. The lowest BCUT2D eigenvalue weighted by Crippen LogP contribution is -2.17. The minimum atomic E-state index is -0.0633. The van der Waals surface area contributed by atoms with Gasteiger partial charge in [-0.1, -0.05) is 36.4 Å². The number of thiophene rings is 1. The van der Waals surface area contributed by atoms with Gasteiger partial charge >= 0.3 is 0 Å². The summed E-state index contributed by atoms with van der Waals surface area (Å²) in [5, 5.41) is 5.88. The van der Waals surface area contributed by atoms with Crippen molar-refractivity contribution in [3.05, 3.63) is 58.3 Å². The standard InChI is InChI=1S/C14H14N2OS/c17-14(9-8-12-5-2-1-3-6-12)16-15-11-13-7-4-10-18-13/h1-7,10-11H,8-9H2,(H,16,17). The maximum Gasteiger partial charge on any atom is 0.240 e. The monoisotopic (exact) mass is 258 g/mol. The lowest BCUT2D eigenvalue weighted by molar-refractivity contribution is -0.121. The van der Waals surface area contributed by atoms with E-state index in [0.29, 0.717) is 6.42 Å². The lowest BCUT2D eigenvalue weighted by Gasteiger charge is -2.00. The highest BCUT2D eigenvalue weighted by molar-refractivity contribution is 7.11. The summed E-state index contributed by atoms with van der Waals surface area (Å²) in [4.78, 5) is 12.5. The van der Waals surface area contributed by atoms with Crippen LogP contribution in [0.4, 0.5) is 0 Å². The molecule has 0 unspecified atom stereocenters. The molecule has 0 spiro atoms. The molecule has 4 heteroatoms. The summed E-state index contributed by atoms with van der Waals surface area (Å²) in [6.45, 7) is 0. The van der Waals surface area contributed by atoms with Gasteiger partial charge in [0.25, 0.3) is 0 Å². The predicted molar refractivity (Wildman–Crippen MR) is 74.8 cm³/mol. The Balaban J connectivity index is 1.73. The van der Waals surface area contributed by atoms with Crippen molar-refractivity contribution in [2.75, 3.05) is 0 Å². The summed E-state index contributed by atoms with van der Waals surface area (Å²) in [6.07, 6.45) is 2.85. The van der Waals surface area contributed by atoms with Gasteiger partial charge in [-0.3, -0.25) is 4.79 Å². The first kappa shape index (κ1) is 12.5. The fourth-order valence-electron chi connectivity index (χ4n) is 1.49. The first-order valence-electron chi connectivity index (χ1n) is 5.74. The Labute approximate surface area is 110 Å². The summed E-state index contributed by atoms with van der Waals surface area (Å²) < 4.78 is 0. The SMILES string of the molecule is O=C(CCc1ccccc1)NN=Cc1cccs1. The molecule has 1 aromatic heterocycles. The number of hydrazone groups is 1. The zero-order valence-electron chi connectivity index (χ0n) is 9.87. The van der Waals surface area contributed by atoms with E-state index in [0.717, 1.165) is 16.9 Å². The molecule has 0 bridgehead atoms. The fraction of sp³-hybridized carbons (Fsp3) is 0.143. The molecule has 0 aliphatic heterocycles. The van der Waals surface area contributed by atoms with Crippen molar-refractivity contribution in [3.8, 4) is 0 Å². The molecule has 1 amide bonds. The van der Waals surface area contributed by atoms with Gasteiger partial charge in [0.15, 0.2) is 0 Å². The average Bonchev–Trinajstić information content (AvgIpc) is 2.91. The van der Waals surface area contributed by atoms with Crippen LogP contribution in [-0.4, -0.2) is 12.1 Å². The number of nitrogens with zero attached hydrogens (tertiary/aromatic N) is 1. The number of carbonyl (C=O) groups is 1. The summed E-state index contributed by atoms with van der Waals surface area (Å²) in [5.41, 5.74) is 3.69. The maximum atomic E-state index is 11.5. The largest absolute Gasteiger partial charge is 0.273 e. The summed E-state index contributed by atoms with van der Waals surface area (Å²) in [6, 6.07) is 13.8. The van der Waals surface area contributed by atoms with E-state index >= 15 is 0 Å². The Bertz CT molecular complexity index is 506. The van der Waals surface area contributed by atoms with Crippen molar-refractivity contribution in [1.82, 2.24) is 5.43 Å². The van der Waals surface area contributed by atoms with Crippen LogP contribution in [0.1, 0.15) is 16.9 Å². The molecule has 0 aliphatic carbocycles. The number of carbonyl (C=O) groups excluding carboxylic acids is 1. The van der Waals surface area contributed by atoms with E-state index in [1.54, 1.807) is 17.6 Å². The molecule has 3 nitrogen and oxygen atoms in total. The van der Waals surface area contributed by atoms with Crippen LogP contribution in [-0.2, 0) is 11.2 Å². The van der Waals surface area contributed by atoms with Crippen LogP contribution >= 0.6 is 11.3 Å². The van der Waals surface area contributed by atoms with Crippen LogP contribution in [0.15, 0.2) is 52.9 Å². The van der Waals surface area contributed by atoms with Crippen molar-refractivity contribution in [2.24, 2.45) is 5.10 Å². The van der Waals surface area contributed by atoms with Gasteiger partial charge in [-0.05, 0) is 23.4 Å². The van der Waals surface area contributed by atoms with Crippen LogP contribution in [0.5, 0.6) is 0 Å². The van der Waals surface area contributed by atoms with Gasteiger partial charge in [0.1, 0.15) is 0 Å². The molecule has 2 aromatic rings. The highest BCUT2D eigenvalue weighted by Crippen LogP contribution is 2.04. The van der Waals surface area contributed by atoms with Gasteiger partial charge in [-0.25, -0.2) is 5.43 Å². The van der Waals surface area contributed by atoms with E-state index in [4.69, 9.17) is 0 Å². The number of aryl methyl sites for hydroxylation is 1. The minimum Gasteiger partial charge on any atom is -0.273 e. The van der Waals surface area contributed by atoms with Gasteiger partial charge in [0.05, 0.1) is 6.21 Å². The van der Waals surface area contributed by atoms with E-state index in [-0.39, 0.29) is 5.91 Å². The lowest BCUT2D eigenvalue weighted by atomic mass is 10.1. The summed E-state index contributed by atoms with van der Waals surface area (Å²) in [5.74, 6) is -0.0633. The highest BCUT2D eigenvalue weighted by atomic mass is 32.1. The summed E-state index contributed by atoms with van der Waals surface area (Å²) >= 11 is 1.58. The van der Waals surface area contributed by atoms with Crippen molar-refractivity contribution >= 4 is 23.5 Å². The second-order valence-corrected chi connectivity index (χ2v) is 4.77. The van der Waals surface area contributed by atoms with Gasteiger partial charge < -0.3 is 0 Å². The quantitative estimate of drug-likeness (QED) is 0.650.